The lowest BCUT2D eigenvalue weighted by atomic mass is 10.1. The van der Waals surface area contributed by atoms with Gasteiger partial charge in [-0.15, -0.1) is 0 Å². The second kappa shape index (κ2) is 10.1. The van der Waals surface area contributed by atoms with Gasteiger partial charge in [0.2, 0.25) is 0 Å². The molecule has 2 aromatic rings. The predicted octanol–water partition coefficient (Wildman–Crippen LogP) is 4.56. The van der Waals surface area contributed by atoms with Gasteiger partial charge in [0.25, 0.3) is 5.91 Å². The average molecular weight is 376 g/mol. The molecule has 2 aromatic carbocycles. The van der Waals surface area contributed by atoms with Crippen LogP contribution in [0.3, 0.4) is 0 Å². The Bertz CT molecular complexity index is 733. The molecule has 0 heterocycles. The van der Waals surface area contributed by atoms with Gasteiger partial charge in [-0.1, -0.05) is 30.7 Å². The Balaban J connectivity index is 1.80. The summed E-state index contributed by atoms with van der Waals surface area (Å²) in [7, 11) is 1.66. The second-order valence-electron chi connectivity index (χ2n) is 6.17. The van der Waals surface area contributed by atoms with Crippen molar-refractivity contribution in [3.8, 4) is 11.5 Å². The van der Waals surface area contributed by atoms with E-state index in [4.69, 9.17) is 21.1 Å². The Morgan fingerprint density at radius 3 is 2.69 bits per heavy atom. The standard InChI is InChI=1S/C21H26ClNO3/c1-4-20(26-18-10-11-19(22)15(2)13-18)21(24)23-12-6-8-16-7-5-9-17(14-16)25-3/h5,7,9-11,13-14,20H,4,6,8,12H2,1-3H3,(H,23,24). The van der Waals surface area contributed by atoms with Crippen molar-refractivity contribution >= 4 is 17.5 Å². The fourth-order valence-electron chi connectivity index (χ4n) is 2.62. The van der Waals surface area contributed by atoms with Crippen molar-refractivity contribution in [2.75, 3.05) is 13.7 Å². The topological polar surface area (TPSA) is 47.6 Å². The van der Waals surface area contributed by atoms with E-state index in [0.29, 0.717) is 23.7 Å². The molecular weight excluding hydrogens is 350 g/mol. The molecule has 1 amide bonds. The quantitative estimate of drug-likeness (QED) is 0.653. The van der Waals surface area contributed by atoms with Crippen LogP contribution in [0.5, 0.6) is 11.5 Å². The molecule has 0 bridgehead atoms. The van der Waals surface area contributed by atoms with E-state index in [2.05, 4.69) is 11.4 Å². The monoisotopic (exact) mass is 375 g/mol. The first-order chi connectivity index (χ1) is 12.5. The molecule has 0 spiro atoms. The normalized spacial score (nSPS) is 11.7. The summed E-state index contributed by atoms with van der Waals surface area (Å²) < 4.78 is 11.0. The first-order valence-electron chi connectivity index (χ1n) is 8.87. The van der Waals surface area contributed by atoms with Gasteiger partial charge in [-0.3, -0.25) is 4.79 Å². The zero-order valence-corrected chi connectivity index (χ0v) is 16.3. The number of halogens is 1. The van der Waals surface area contributed by atoms with Crippen LogP contribution in [0.15, 0.2) is 42.5 Å². The highest BCUT2D eigenvalue weighted by molar-refractivity contribution is 6.31. The Morgan fingerprint density at radius 2 is 2.00 bits per heavy atom. The number of nitrogens with one attached hydrogen (secondary N) is 1. The Morgan fingerprint density at radius 1 is 1.19 bits per heavy atom. The van der Waals surface area contributed by atoms with Gasteiger partial charge in [0, 0.05) is 11.6 Å². The second-order valence-corrected chi connectivity index (χ2v) is 6.58. The molecular formula is C21H26ClNO3. The summed E-state index contributed by atoms with van der Waals surface area (Å²) in [4.78, 5) is 12.4. The average Bonchev–Trinajstić information content (AvgIpc) is 2.66. The van der Waals surface area contributed by atoms with E-state index in [1.165, 1.54) is 5.56 Å². The number of carbonyl (C=O) groups excluding carboxylic acids is 1. The summed E-state index contributed by atoms with van der Waals surface area (Å²) in [5, 5.41) is 3.64. The summed E-state index contributed by atoms with van der Waals surface area (Å²) in [5.41, 5.74) is 2.12. The summed E-state index contributed by atoms with van der Waals surface area (Å²) in [6.45, 7) is 4.45. The number of ether oxygens (including phenoxy) is 2. The van der Waals surface area contributed by atoms with Crippen LogP contribution in [0, 0.1) is 6.92 Å². The lowest BCUT2D eigenvalue weighted by molar-refractivity contribution is -0.128. The molecule has 0 aliphatic heterocycles. The van der Waals surface area contributed by atoms with E-state index < -0.39 is 6.10 Å². The van der Waals surface area contributed by atoms with Crippen molar-refractivity contribution in [1.29, 1.82) is 0 Å². The molecule has 0 fully saturated rings. The van der Waals surface area contributed by atoms with Crippen LogP contribution in [0.25, 0.3) is 0 Å². The van der Waals surface area contributed by atoms with Gasteiger partial charge in [-0.05, 0) is 67.6 Å². The minimum atomic E-state index is -0.507. The third kappa shape index (κ3) is 5.95. The zero-order valence-electron chi connectivity index (χ0n) is 15.5. The van der Waals surface area contributed by atoms with Crippen molar-refractivity contribution < 1.29 is 14.3 Å². The largest absolute Gasteiger partial charge is 0.497 e. The van der Waals surface area contributed by atoms with Crippen LogP contribution in [-0.2, 0) is 11.2 Å². The maximum atomic E-state index is 12.4. The molecule has 0 saturated carbocycles. The van der Waals surface area contributed by atoms with E-state index in [0.717, 1.165) is 24.2 Å². The molecule has 0 aliphatic rings. The van der Waals surface area contributed by atoms with Crippen LogP contribution in [0.1, 0.15) is 30.9 Å². The third-order valence-corrected chi connectivity index (χ3v) is 4.57. The van der Waals surface area contributed by atoms with Gasteiger partial charge in [0.05, 0.1) is 7.11 Å². The van der Waals surface area contributed by atoms with Crippen LogP contribution >= 0.6 is 11.6 Å². The maximum absolute atomic E-state index is 12.4. The van der Waals surface area contributed by atoms with Gasteiger partial charge in [-0.2, -0.15) is 0 Å². The van der Waals surface area contributed by atoms with Crippen LogP contribution in [0.4, 0.5) is 0 Å². The molecule has 1 unspecified atom stereocenters. The number of hydrogen-bond donors (Lipinski definition) is 1. The van der Waals surface area contributed by atoms with Gasteiger partial charge < -0.3 is 14.8 Å². The van der Waals surface area contributed by atoms with Gasteiger partial charge >= 0.3 is 0 Å². The number of rotatable bonds is 9. The molecule has 26 heavy (non-hydrogen) atoms. The number of hydrogen-bond acceptors (Lipinski definition) is 3. The number of aryl methyl sites for hydroxylation is 2. The Labute approximate surface area is 160 Å². The Hall–Kier alpha value is -2.20. The summed E-state index contributed by atoms with van der Waals surface area (Å²) in [6, 6.07) is 13.4. The van der Waals surface area contributed by atoms with Crippen molar-refractivity contribution in [1.82, 2.24) is 5.32 Å². The van der Waals surface area contributed by atoms with E-state index in [1.807, 2.05) is 38.1 Å². The molecule has 0 aliphatic carbocycles. The number of amides is 1. The molecule has 1 N–H and O–H groups in total. The van der Waals surface area contributed by atoms with E-state index in [-0.39, 0.29) is 5.91 Å². The highest BCUT2D eigenvalue weighted by atomic mass is 35.5. The summed E-state index contributed by atoms with van der Waals surface area (Å²) in [5.74, 6) is 1.42. The minimum Gasteiger partial charge on any atom is -0.497 e. The predicted molar refractivity (Wildman–Crippen MR) is 105 cm³/mol. The molecule has 0 saturated heterocycles. The van der Waals surface area contributed by atoms with Gasteiger partial charge in [0.1, 0.15) is 11.5 Å². The van der Waals surface area contributed by atoms with E-state index in [9.17, 15) is 4.79 Å². The molecule has 0 aromatic heterocycles. The summed E-state index contributed by atoms with van der Waals surface area (Å²) >= 11 is 6.02. The van der Waals surface area contributed by atoms with Crippen LogP contribution < -0.4 is 14.8 Å². The summed E-state index contributed by atoms with van der Waals surface area (Å²) in [6.07, 6.45) is 1.83. The lowest BCUT2D eigenvalue weighted by Crippen LogP contribution is -2.38. The van der Waals surface area contributed by atoms with Gasteiger partial charge in [0.15, 0.2) is 6.10 Å². The van der Waals surface area contributed by atoms with Crippen molar-refractivity contribution in [3.63, 3.8) is 0 Å². The molecule has 140 valence electrons. The molecule has 0 radical (unpaired) electrons. The molecule has 4 nitrogen and oxygen atoms in total. The third-order valence-electron chi connectivity index (χ3n) is 4.15. The van der Waals surface area contributed by atoms with E-state index >= 15 is 0 Å². The number of carbonyl (C=O) groups is 1. The zero-order chi connectivity index (χ0) is 18.9. The minimum absolute atomic E-state index is 0.0919. The maximum Gasteiger partial charge on any atom is 0.261 e. The smallest absolute Gasteiger partial charge is 0.261 e. The number of benzene rings is 2. The highest BCUT2D eigenvalue weighted by Crippen LogP contribution is 2.22. The van der Waals surface area contributed by atoms with Crippen molar-refractivity contribution in [2.45, 2.75) is 39.2 Å². The fourth-order valence-corrected chi connectivity index (χ4v) is 2.74. The van der Waals surface area contributed by atoms with Crippen LogP contribution in [0.2, 0.25) is 5.02 Å². The highest BCUT2D eigenvalue weighted by Gasteiger charge is 2.18. The first-order valence-corrected chi connectivity index (χ1v) is 9.24. The number of methoxy groups -OCH3 is 1. The molecule has 1 atom stereocenters. The Kier molecular flexibility index (Phi) is 7.79. The first kappa shape index (κ1) is 20.1. The van der Waals surface area contributed by atoms with Crippen molar-refractivity contribution in [3.05, 3.63) is 58.6 Å². The molecule has 2 rings (SSSR count). The van der Waals surface area contributed by atoms with Crippen LogP contribution in [-0.4, -0.2) is 25.7 Å². The molecule has 5 heteroatoms. The van der Waals surface area contributed by atoms with Gasteiger partial charge in [-0.25, -0.2) is 0 Å². The lowest BCUT2D eigenvalue weighted by Gasteiger charge is -2.18. The van der Waals surface area contributed by atoms with Crippen molar-refractivity contribution in [2.24, 2.45) is 0 Å². The van der Waals surface area contributed by atoms with E-state index in [1.54, 1.807) is 19.2 Å². The SMILES string of the molecule is CCC(Oc1ccc(Cl)c(C)c1)C(=O)NCCCc1cccc(OC)c1. The fraction of sp³-hybridized carbons (Fsp3) is 0.381.